The monoisotopic (exact) mass is 269 g/mol. The lowest BCUT2D eigenvalue weighted by molar-refractivity contribution is -0.144. The quantitative estimate of drug-likeness (QED) is 0.800. The van der Waals surface area contributed by atoms with Crippen molar-refractivity contribution in [3.8, 4) is 0 Å². The molecule has 19 heavy (non-hydrogen) atoms. The number of hydrogen-bond donors (Lipinski definition) is 1. The summed E-state index contributed by atoms with van der Waals surface area (Å²) >= 11 is 0. The van der Waals surface area contributed by atoms with Crippen LogP contribution in [0.1, 0.15) is 53.4 Å². The molecule has 0 radical (unpaired) electrons. The van der Waals surface area contributed by atoms with E-state index in [9.17, 15) is 4.79 Å². The Balaban J connectivity index is 2.70. The summed E-state index contributed by atoms with van der Waals surface area (Å²) in [4.78, 5) is 17.1. The van der Waals surface area contributed by atoms with Crippen molar-refractivity contribution >= 4 is 5.91 Å². The van der Waals surface area contributed by atoms with E-state index in [-0.39, 0.29) is 11.9 Å². The van der Waals surface area contributed by atoms with Crippen molar-refractivity contribution in [3.63, 3.8) is 0 Å². The minimum Gasteiger partial charge on any atom is -0.341 e. The summed E-state index contributed by atoms with van der Waals surface area (Å²) in [6.45, 7) is 12.1. The van der Waals surface area contributed by atoms with Gasteiger partial charge in [-0.3, -0.25) is 9.69 Å². The summed E-state index contributed by atoms with van der Waals surface area (Å²) in [5, 5.41) is 0. The summed E-state index contributed by atoms with van der Waals surface area (Å²) < 4.78 is 0. The molecule has 0 aliphatic carbocycles. The molecule has 0 saturated carbocycles. The van der Waals surface area contributed by atoms with Gasteiger partial charge in [0.25, 0.3) is 0 Å². The number of carbonyl (C=O) groups is 1. The van der Waals surface area contributed by atoms with Crippen molar-refractivity contribution in [2.75, 3.05) is 26.2 Å². The van der Waals surface area contributed by atoms with Crippen LogP contribution in [0, 0.1) is 0 Å². The summed E-state index contributed by atoms with van der Waals surface area (Å²) in [6, 6.07) is 0.273. The number of carbonyl (C=O) groups excluding carboxylic acids is 1. The fourth-order valence-electron chi connectivity index (χ4n) is 2.84. The van der Waals surface area contributed by atoms with Gasteiger partial charge in [0.2, 0.25) is 5.91 Å². The molecule has 0 aromatic rings. The number of likely N-dealkylation sites (tertiary alicyclic amines) is 1. The van der Waals surface area contributed by atoms with E-state index >= 15 is 0 Å². The number of nitrogens with zero attached hydrogens (tertiary/aromatic N) is 2. The van der Waals surface area contributed by atoms with Gasteiger partial charge in [0.1, 0.15) is 0 Å². The third-order valence-corrected chi connectivity index (χ3v) is 4.13. The van der Waals surface area contributed by atoms with Crippen LogP contribution in [0.5, 0.6) is 0 Å². The molecule has 112 valence electrons. The Bertz CT molecular complexity index is 277. The van der Waals surface area contributed by atoms with Crippen molar-refractivity contribution in [2.45, 2.75) is 65.0 Å². The van der Waals surface area contributed by atoms with Crippen molar-refractivity contribution in [1.82, 2.24) is 9.80 Å². The zero-order valence-corrected chi connectivity index (χ0v) is 13.1. The SMILES string of the molecule is CCCN(CCC)C(C)(C)C(=O)N1CCC(N)CC1. The average molecular weight is 269 g/mol. The van der Waals surface area contributed by atoms with Crippen molar-refractivity contribution in [1.29, 1.82) is 0 Å². The average Bonchev–Trinajstić information content (AvgIpc) is 2.38. The van der Waals surface area contributed by atoms with Gasteiger partial charge < -0.3 is 10.6 Å². The molecule has 2 N–H and O–H groups in total. The predicted octanol–water partition coefficient (Wildman–Crippen LogP) is 1.84. The Hall–Kier alpha value is -0.610. The van der Waals surface area contributed by atoms with Gasteiger partial charge in [-0.15, -0.1) is 0 Å². The molecule has 0 atom stereocenters. The molecule has 4 heteroatoms. The van der Waals surface area contributed by atoms with Crippen LogP contribution in [0.3, 0.4) is 0 Å². The fraction of sp³-hybridized carbons (Fsp3) is 0.933. The van der Waals surface area contributed by atoms with E-state index in [1.165, 1.54) is 0 Å². The third kappa shape index (κ3) is 4.18. The molecule has 1 aliphatic rings. The largest absolute Gasteiger partial charge is 0.341 e. The first-order chi connectivity index (χ1) is 8.93. The fourth-order valence-corrected chi connectivity index (χ4v) is 2.84. The van der Waals surface area contributed by atoms with Crippen LogP contribution in [-0.2, 0) is 4.79 Å². The van der Waals surface area contributed by atoms with E-state index in [0.29, 0.717) is 0 Å². The van der Waals surface area contributed by atoms with Crippen LogP contribution in [0.4, 0.5) is 0 Å². The van der Waals surface area contributed by atoms with Crippen molar-refractivity contribution < 1.29 is 4.79 Å². The van der Waals surface area contributed by atoms with Gasteiger partial charge in [-0.1, -0.05) is 13.8 Å². The van der Waals surface area contributed by atoms with Crippen LogP contribution in [0.25, 0.3) is 0 Å². The molecule has 0 spiro atoms. The third-order valence-electron chi connectivity index (χ3n) is 4.13. The maximum atomic E-state index is 12.8. The highest BCUT2D eigenvalue weighted by Gasteiger charge is 2.37. The molecular formula is C15H31N3O. The molecule has 0 bridgehead atoms. The molecule has 0 unspecified atom stereocenters. The number of amides is 1. The van der Waals surface area contributed by atoms with E-state index < -0.39 is 5.54 Å². The van der Waals surface area contributed by atoms with Crippen LogP contribution in [0.15, 0.2) is 0 Å². The lowest BCUT2D eigenvalue weighted by Crippen LogP contribution is -2.58. The minimum atomic E-state index is -0.395. The van der Waals surface area contributed by atoms with Crippen molar-refractivity contribution in [2.24, 2.45) is 5.73 Å². The zero-order chi connectivity index (χ0) is 14.5. The van der Waals surface area contributed by atoms with Crippen LogP contribution in [0.2, 0.25) is 0 Å². The predicted molar refractivity (Wildman–Crippen MR) is 80.0 cm³/mol. The molecule has 4 nitrogen and oxygen atoms in total. The molecule has 0 aromatic carbocycles. The van der Waals surface area contributed by atoms with Gasteiger partial charge in [0.05, 0.1) is 5.54 Å². The Labute approximate surface area is 118 Å². The normalized spacial score (nSPS) is 18.1. The van der Waals surface area contributed by atoms with Gasteiger partial charge in [-0.2, -0.15) is 0 Å². The number of hydrogen-bond acceptors (Lipinski definition) is 3. The highest BCUT2D eigenvalue weighted by atomic mass is 16.2. The van der Waals surface area contributed by atoms with E-state index in [4.69, 9.17) is 5.73 Å². The smallest absolute Gasteiger partial charge is 0.242 e. The van der Waals surface area contributed by atoms with Gasteiger partial charge in [0.15, 0.2) is 0 Å². The highest BCUT2D eigenvalue weighted by Crippen LogP contribution is 2.21. The first-order valence-electron chi connectivity index (χ1n) is 7.73. The zero-order valence-electron chi connectivity index (χ0n) is 13.1. The van der Waals surface area contributed by atoms with E-state index in [0.717, 1.165) is 51.9 Å². The highest BCUT2D eigenvalue weighted by molar-refractivity contribution is 5.85. The molecule has 1 saturated heterocycles. The number of nitrogens with two attached hydrogens (primary N) is 1. The second kappa shape index (κ2) is 7.25. The summed E-state index contributed by atoms with van der Waals surface area (Å²) in [5.41, 5.74) is 5.52. The first-order valence-corrected chi connectivity index (χ1v) is 7.73. The lowest BCUT2D eigenvalue weighted by atomic mass is 9.97. The van der Waals surface area contributed by atoms with Crippen LogP contribution in [-0.4, -0.2) is 53.5 Å². The van der Waals surface area contributed by atoms with E-state index in [1.807, 2.05) is 4.90 Å². The Kier molecular flexibility index (Phi) is 6.27. The number of piperidine rings is 1. The van der Waals surface area contributed by atoms with Gasteiger partial charge in [0, 0.05) is 19.1 Å². The van der Waals surface area contributed by atoms with Gasteiger partial charge in [-0.25, -0.2) is 0 Å². The summed E-state index contributed by atoms with van der Waals surface area (Å²) in [7, 11) is 0. The Morgan fingerprint density at radius 1 is 1.21 bits per heavy atom. The van der Waals surface area contributed by atoms with Crippen LogP contribution < -0.4 is 5.73 Å². The molecule has 0 aromatic heterocycles. The first kappa shape index (κ1) is 16.4. The van der Waals surface area contributed by atoms with Crippen molar-refractivity contribution in [3.05, 3.63) is 0 Å². The van der Waals surface area contributed by atoms with E-state index in [1.54, 1.807) is 0 Å². The minimum absolute atomic E-state index is 0.265. The topological polar surface area (TPSA) is 49.6 Å². The molecule has 1 amide bonds. The molecular weight excluding hydrogens is 238 g/mol. The summed E-state index contributed by atoms with van der Waals surface area (Å²) in [5.74, 6) is 0.265. The Morgan fingerprint density at radius 2 is 1.68 bits per heavy atom. The maximum Gasteiger partial charge on any atom is 0.242 e. The molecule has 1 heterocycles. The molecule has 1 rings (SSSR count). The maximum absolute atomic E-state index is 12.8. The second-order valence-corrected chi connectivity index (χ2v) is 6.18. The van der Waals surface area contributed by atoms with Gasteiger partial charge in [-0.05, 0) is 52.6 Å². The second-order valence-electron chi connectivity index (χ2n) is 6.18. The molecule has 1 aliphatic heterocycles. The Morgan fingerprint density at radius 3 is 2.11 bits per heavy atom. The van der Waals surface area contributed by atoms with Crippen LogP contribution >= 0.6 is 0 Å². The number of rotatable bonds is 6. The lowest BCUT2D eigenvalue weighted by Gasteiger charge is -2.42. The standard InChI is InChI=1S/C15H31N3O/c1-5-9-18(10-6-2)15(3,4)14(19)17-11-7-13(16)8-12-17/h13H,5-12,16H2,1-4H3. The molecule has 1 fully saturated rings. The summed E-state index contributed by atoms with van der Waals surface area (Å²) in [6.07, 6.45) is 4.04. The van der Waals surface area contributed by atoms with E-state index in [2.05, 4.69) is 32.6 Å². The van der Waals surface area contributed by atoms with Gasteiger partial charge >= 0.3 is 0 Å².